The lowest BCUT2D eigenvalue weighted by atomic mass is 10.1. The van der Waals surface area contributed by atoms with Gasteiger partial charge in [-0.05, 0) is 39.7 Å². The van der Waals surface area contributed by atoms with Crippen LogP contribution in [0.5, 0.6) is 0 Å². The second kappa shape index (κ2) is 6.43. The van der Waals surface area contributed by atoms with Gasteiger partial charge in [0.05, 0.1) is 11.9 Å². The summed E-state index contributed by atoms with van der Waals surface area (Å²) in [6.07, 6.45) is 8.62. The first-order chi connectivity index (χ1) is 7.99. The molecule has 1 aromatic rings. The highest BCUT2D eigenvalue weighted by Crippen LogP contribution is 2.14. The predicted octanol–water partition coefficient (Wildman–Crippen LogP) is 4.68. The summed E-state index contributed by atoms with van der Waals surface area (Å²) < 4.78 is 0. The maximum absolute atomic E-state index is 4.37. The van der Waals surface area contributed by atoms with E-state index in [1.807, 2.05) is 6.20 Å². The Morgan fingerprint density at radius 3 is 2.59 bits per heavy atom. The van der Waals surface area contributed by atoms with Crippen LogP contribution in [0.4, 0.5) is 0 Å². The smallest absolute Gasteiger partial charge is 0.109 e. The summed E-state index contributed by atoms with van der Waals surface area (Å²) in [6, 6.07) is 0. The summed E-state index contributed by atoms with van der Waals surface area (Å²) in [6.45, 7) is 10.8. The zero-order valence-corrected chi connectivity index (χ0v) is 11.7. The first-order valence-corrected chi connectivity index (χ1v) is 6.34. The van der Waals surface area contributed by atoms with Crippen LogP contribution in [-0.4, -0.2) is 9.97 Å². The van der Waals surface area contributed by atoms with Gasteiger partial charge in [0.2, 0.25) is 0 Å². The third kappa shape index (κ3) is 5.03. The lowest BCUT2D eigenvalue weighted by Crippen LogP contribution is -1.89. The highest BCUT2D eigenvalue weighted by molar-refractivity contribution is 5.47. The SMILES string of the molecule is CC(C)=CCCC(C)=Cc1cnc(C(C)C)[nH]1. The fourth-order valence-corrected chi connectivity index (χ4v) is 1.64. The molecule has 1 rings (SSSR count). The Morgan fingerprint density at radius 1 is 1.35 bits per heavy atom. The van der Waals surface area contributed by atoms with Crippen LogP contribution in [-0.2, 0) is 0 Å². The average Bonchev–Trinajstić information content (AvgIpc) is 2.65. The van der Waals surface area contributed by atoms with Gasteiger partial charge in [-0.2, -0.15) is 0 Å². The summed E-state index contributed by atoms with van der Waals surface area (Å²) in [5.74, 6) is 1.52. The van der Waals surface area contributed by atoms with Crippen LogP contribution in [0.25, 0.3) is 6.08 Å². The summed E-state index contributed by atoms with van der Waals surface area (Å²) in [5, 5.41) is 0. The first kappa shape index (κ1) is 13.8. The molecule has 0 bridgehead atoms. The lowest BCUT2D eigenvalue weighted by Gasteiger charge is -1.99. The van der Waals surface area contributed by atoms with Crippen LogP contribution >= 0.6 is 0 Å². The van der Waals surface area contributed by atoms with E-state index in [4.69, 9.17) is 0 Å². The van der Waals surface area contributed by atoms with Gasteiger partial charge in [0, 0.05) is 5.92 Å². The third-order valence-electron chi connectivity index (χ3n) is 2.66. The monoisotopic (exact) mass is 232 g/mol. The number of rotatable bonds is 5. The first-order valence-electron chi connectivity index (χ1n) is 6.34. The number of H-pyrrole nitrogens is 1. The van der Waals surface area contributed by atoms with Gasteiger partial charge in [0.15, 0.2) is 0 Å². The molecule has 17 heavy (non-hydrogen) atoms. The summed E-state index contributed by atoms with van der Waals surface area (Å²) >= 11 is 0. The second-order valence-electron chi connectivity index (χ2n) is 5.19. The zero-order valence-electron chi connectivity index (χ0n) is 11.7. The molecule has 1 aromatic heterocycles. The molecule has 0 amide bonds. The molecule has 0 aliphatic rings. The predicted molar refractivity (Wildman–Crippen MR) is 75.0 cm³/mol. The quantitative estimate of drug-likeness (QED) is 0.733. The largest absolute Gasteiger partial charge is 0.342 e. The minimum atomic E-state index is 0.461. The van der Waals surface area contributed by atoms with E-state index in [9.17, 15) is 0 Å². The van der Waals surface area contributed by atoms with E-state index in [0.29, 0.717) is 5.92 Å². The Labute approximate surface area is 105 Å². The number of hydrogen-bond donors (Lipinski definition) is 1. The Balaban J connectivity index is 2.58. The Kier molecular flexibility index (Phi) is 5.20. The highest BCUT2D eigenvalue weighted by Gasteiger charge is 2.02. The van der Waals surface area contributed by atoms with Gasteiger partial charge >= 0.3 is 0 Å². The van der Waals surface area contributed by atoms with Crippen molar-refractivity contribution in [1.29, 1.82) is 0 Å². The summed E-state index contributed by atoms with van der Waals surface area (Å²) in [5.41, 5.74) is 3.89. The number of aromatic amines is 1. The molecule has 0 fully saturated rings. The van der Waals surface area contributed by atoms with Crippen molar-refractivity contribution in [2.45, 2.75) is 53.4 Å². The molecule has 0 saturated carbocycles. The fraction of sp³-hybridized carbons (Fsp3) is 0.533. The minimum Gasteiger partial charge on any atom is -0.342 e. The highest BCUT2D eigenvalue weighted by atomic mass is 14.9. The van der Waals surface area contributed by atoms with Crippen molar-refractivity contribution in [1.82, 2.24) is 9.97 Å². The van der Waals surface area contributed by atoms with E-state index in [1.54, 1.807) is 0 Å². The van der Waals surface area contributed by atoms with Crippen LogP contribution in [0.3, 0.4) is 0 Å². The number of aromatic nitrogens is 2. The van der Waals surface area contributed by atoms with Crippen LogP contribution in [0, 0.1) is 0 Å². The van der Waals surface area contributed by atoms with Crippen LogP contribution in [0.2, 0.25) is 0 Å². The summed E-state index contributed by atoms with van der Waals surface area (Å²) in [7, 11) is 0. The Morgan fingerprint density at radius 2 is 2.06 bits per heavy atom. The number of hydrogen-bond acceptors (Lipinski definition) is 1. The maximum Gasteiger partial charge on any atom is 0.109 e. The van der Waals surface area contributed by atoms with Gasteiger partial charge in [-0.1, -0.05) is 31.1 Å². The summed E-state index contributed by atoms with van der Waals surface area (Å²) in [4.78, 5) is 7.70. The molecular weight excluding hydrogens is 208 g/mol. The Hall–Kier alpha value is -1.31. The maximum atomic E-state index is 4.37. The minimum absolute atomic E-state index is 0.461. The topological polar surface area (TPSA) is 28.7 Å². The van der Waals surface area contributed by atoms with E-state index in [0.717, 1.165) is 24.4 Å². The van der Waals surface area contributed by atoms with Gasteiger partial charge in [-0.15, -0.1) is 0 Å². The Bertz CT molecular complexity index is 404. The van der Waals surface area contributed by atoms with E-state index >= 15 is 0 Å². The van der Waals surface area contributed by atoms with Gasteiger partial charge in [0.1, 0.15) is 5.82 Å². The number of nitrogens with one attached hydrogen (secondary N) is 1. The second-order valence-corrected chi connectivity index (χ2v) is 5.19. The molecule has 0 saturated heterocycles. The van der Waals surface area contributed by atoms with Crippen LogP contribution in [0.1, 0.15) is 64.9 Å². The number of imidazole rings is 1. The van der Waals surface area contributed by atoms with Crippen molar-refractivity contribution in [2.24, 2.45) is 0 Å². The molecule has 0 aliphatic heterocycles. The molecule has 94 valence electrons. The normalized spacial score (nSPS) is 12.0. The molecule has 0 radical (unpaired) electrons. The van der Waals surface area contributed by atoms with Crippen LogP contribution < -0.4 is 0 Å². The van der Waals surface area contributed by atoms with Crippen molar-refractivity contribution < 1.29 is 0 Å². The molecule has 0 aliphatic carbocycles. The molecule has 1 N–H and O–H groups in total. The zero-order chi connectivity index (χ0) is 12.8. The molecule has 1 heterocycles. The fourth-order valence-electron chi connectivity index (χ4n) is 1.64. The van der Waals surface area contributed by atoms with Gasteiger partial charge in [-0.25, -0.2) is 4.98 Å². The van der Waals surface area contributed by atoms with E-state index < -0.39 is 0 Å². The van der Waals surface area contributed by atoms with Crippen molar-refractivity contribution >= 4 is 6.08 Å². The van der Waals surface area contributed by atoms with Crippen LogP contribution in [0.15, 0.2) is 23.4 Å². The van der Waals surface area contributed by atoms with E-state index in [-0.39, 0.29) is 0 Å². The van der Waals surface area contributed by atoms with Crippen molar-refractivity contribution in [2.75, 3.05) is 0 Å². The number of allylic oxidation sites excluding steroid dienone is 3. The van der Waals surface area contributed by atoms with Gasteiger partial charge < -0.3 is 4.98 Å². The number of nitrogens with zero attached hydrogens (tertiary/aromatic N) is 1. The standard InChI is InChI=1S/C15H24N2/c1-11(2)7-6-8-13(5)9-14-10-16-15(17-14)12(3)4/h7,9-10,12H,6,8H2,1-5H3,(H,16,17). The van der Waals surface area contributed by atoms with Crippen molar-refractivity contribution in [3.8, 4) is 0 Å². The van der Waals surface area contributed by atoms with Gasteiger partial charge in [-0.3, -0.25) is 0 Å². The van der Waals surface area contributed by atoms with E-state index in [1.165, 1.54) is 11.1 Å². The lowest BCUT2D eigenvalue weighted by molar-refractivity contribution is 0.793. The molecule has 0 atom stereocenters. The third-order valence-corrected chi connectivity index (χ3v) is 2.66. The van der Waals surface area contributed by atoms with Gasteiger partial charge in [0.25, 0.3) is 0 Å². The molecule has 0 spiro atoms. The molecule has 2 heteroatoms. The average molecular weight is 232 g/mol. The van der Waals surface area contributed by atoms with Crippen molar-refractivity contribution in [3.05, 3.63) is 34.9 Å². The molecule has 0 unspecified atom stereocenters. The molecular formula is C15H24N2. The van der Waals surface area contributed by atoms with E-state index in [2.05, 4.69) is 56.7 Å². The molecule has 2 nitrogen and oxygen atoms in total. The van der Waals surface area contributed by atoms with Crippen molar-refractivity contribution in [3.63, 3.8) is 0 Å². The molecule has 0 aromatic carbocycles.